The number of thiophene rings is 1. The summed E-state index contributed by atoms with van der Waals surface area (Å²) in [6.45, 7) is 5.89. The fraction of sp³-hybridized carbons (Fsp3) is 0.267. The summed E-state index contributed by atoms with van der Waals surface area (Å²) in [4.78, 5) is 12.7. The molecule has 1 aromatic heterocycles. The Hall–Kier alpha value is -1.81. The van der Waals surface area contributed by atoms with Gasteiger partial charge in [0.25, 0.3) is 5.91 Å². The highest BCUT2D eigenvalue weighted by molar-refractivity contribution is 7.12. The maximum atomic E-state index is 12.0. The Bertz CT molecular complexity index is 588. The molecule has 0 fully saturated rings. The highest BCUT2D eigenvalue weighted by atomic mass is 32.1. The van der Waals surface area contributed by atoms with Gasteiger partial charge in [0, 0.05) is 0 Å². The van der Waals surface area contributed by atoms with Crippen molar-refractivity contribution in [3.05, 3.63) is 45.6 Å². The lowest BCUT2D eigenvalue weighted by Gasteiger charge is -2.15. The fourth-order valence-electron chi connectivity index (χ4n) is 1.91. The molecule has 1 heterocycles. The average Bonchev–Trinajstić information content (AvgIpc) is 2.87. The van der Waals surface area contributed by atoms with Crippen molar-refractivity contribution in [2.45, 2.75) is 26.7 Å². The van der Waals surface area contributed by atoms with Crippen LogP contribution in [0.3, 0.4) is 0 Å². The molecule has 19 heavy (non-hydrogen) atoms. The van der Waals surface area contributed by atoms with Crippen LogP contribution in [0.2, 0.25) is 0 Å². The lowest BCUT2D eigenvalue weighted by molar-refractivity contribution is 0.103. The van der Waals surface area contributed by atoms with Crippen LogP contribution in [-0.2, 0) is 0 Å². The summed E-state index contributed by atoms with van der Waals surface area (Å²) >= 11 is 1.38. The predicted octanol–water partition coefficient (Wildman–Crippen LogP) is 4.14. The number of carbonyl (C=O) groups excluding carboxylic acids is 1. The van der Waals surface area contributed by atoms with Gasteiger partial charge in [0.05, 0.1) is 10.6 Å². The van der Waals surface area contributed by atoms with Crippen molar-refractivity contribution in [3.8, 4) is 5.75 Å². The number of nitrogens with one attached hydrogen (secondary N) is 1. The van der Waals surface area contributed by atoms with Crippen molar-refractivity contribution < 1.29 is 9.90 Å². The number of amides is 1. The molecule has 0 radical (unpaired) electrons. The summed E-state index contributed by atoms with van der Waals surface area (Å²) in [6, 6.07) is 7.41. The third-order valence-corrected chi connectivity index (χ3v) is 3.89. The van der Waals surface area contributed by atoms with Crippen LogP contribution in [0, 0.1) is 6.92 Å². The first-order valence-corrected chi connectivity index (χ1v) is 7.06. The van der Waals surface area contributed by atoms with Gasteiger partial charge in [-0.15, -0.1) is 11.3 Å². The molecule has 0 aliphatic rings. The number of rotatable bonds is 3. The molecule has 0 bridgehead atoms. The van der Waals surface area contributed by atoms with Crippen LogP contribution in [-0.4, -0.2) is 11.0 Å². The molecule has 0 atom stereocenters. The van der Waals surface area contributed by atoms with E-state index in [1.165, 1.54) is 11.3 Å². The monoisotopic (exact) mass is 275 g/mol. The average molecular weight is 275 g/mol. The minimum Gasteiger partial charge on any atom is -0.505 e. The number of anilines is 1. The van der Waals surface area contributed by atoms with E-state index in [2.05, 4.69) is 5.32 Å². The molecule has 0 aliphatic carbocycles. The van der Waals surface area contributed by atoms with E-state index < -0.39 is 0 Å². The van der Waals surface area contributed by atoms with Crippen LogP contribution in [0.4, 0.5) is 5.69 Å². The van der Waals surface area contributed by atoms with Crippen LogP contribution in [0.1, 0.15) is 40.6 Å². The second kappa shape index (κ2) is 5.45. The summed E-state index contributed by atoms with van der Waals surface area (Å²) in [7, 11) is 0. The maximum absolute atomic E-state index is 12.0. The van der Waals surface area contributed by atoms with E-state index in [1.807, 2.05) is 44.4 Å². The van der Waals surface area contributed by atoms with E-state index in [0.717, 1.165) is 11.1 Å². The molecular weight excluding hydrogens is 258 g/mol. The normalized spacial score (nSPS) is 10.7. The molecule has 0 unspecified atom stereocenters. The van der Waals surface area contributed by atoms with Gasteiger partial charge in [0.15, 0.2) is 0 Å². The van der Waals surface area contributed by atoms with Gasteiger partial charge in [-0.1, -0.05) is 32.0 Å². The molecule has 4 heteroatoms. The van der Waals surface area contributed by atoms with E-state index in [-0.39, 0.29) is 17.6 Å². The third-order valence-electron chi connectivity index (χ3n) is 3.02. The zero-order valence-electron chi connectivity index (χ0n) is 11.2. The Morgan fingerprint density at radius 1 is 1.32 bits per heavy atom. The number of hydrogen-bond donors (Lipinski definition) is 2. The van der Waals surface area contributed by atoms with E-state index in [4.69, 9.17) is 0 Å². The Labute approximate surface area is 116 Å². The molecular formula is C15H17NO2S. The molecule has 1 amide bonds. The standard InChI is InChI=1S/C15H17NO2S/c1-9(2)11-7-6-10(3)13(14(11)17)16-15(18)12-5-4-8-19-12/h4-9,17H,1-3H3,(H,16,18). The van der Waals surface area contributed by atoms with Crippen molar-refractivity contribution in [1.29, 1.82) is 0 Å². The number of aryl methyl sites for hydroxylation is 1. The second-order valence-electron chi connectivity index (χ2n) is 4.78. The molecule has 1 aromatic carbocycles. The Morgan fingerprint density at radius 3 is 2.63 bits per heavy atom. The first-order chi connectivity index (χ1) is 9.00. The highest BCUT2D eigenvalue weighted by Crippen LogP contribution is 2.35. The van der Waals surface area contributed by atoms with Crippen molar-refractivity contribution in [1.82, 2.24) is 0 Å². The molecule has 2 rings (SSSR count). The van der Waals surface area contributed by atoms with Crippen molar-refractivity contribution in [2.75, 3.05) is 5.32 Å². The number of hydrogen-bond acceptors (Lipinski definition) is 3. The van der Waals surface area contributed by atoms with Gasteiger partial charge in [-0.3, -0.25) is 4.79 Å². The van der Waals surface area contributed by atoms with Gasteiger partial charge < -0.3 is 10.4 Å². The molecule has 3 nitrogen and oxygen atoms in total. The van der Waals surface area contributed by atoms with Gasteiger partial charge in [-0.25, -0.2) is 0 Å². The number of phenolic OH excluding ortho intramolecular Hbond substituents is 1. The van der Waals surface area contributed by atoms with Gasteiger partial charge in [0.2, 0.25) is 0 Å². The fourth-order valence-corrected chi connectivity index (χ4v) is 2.53. The SMILES string of the molecule is Cc1ccc(C(C)C)c(O)c1NC(=O)c1cccs1. The van der Waals surface area contributed by atoms with Crippen molar-refractivity contribution in [2.24, 2.45) is 0 Å². The molecule has 0 saturated heterocycles. The number of aromatic hydroxyl groups is 1. The smallest absolute Gasteiger partial charge is 0.265 e. The lowest BCUT2D eigenvalue weighted by Crippen LogP contribution is -2.12. The van der Waals surface area contributed by atoms with E-state index >= 15 is 0 Å². The Balaban J connectivity index is 2.34. The molecule has 2 aromatic rings. The maximum Gasteiger partial charge on any atom is 0.265 e. The Morgan fingerprint density at radius 2 is 2.05 bits per heavy atom. The van der Waals surface area contributed by atoms with E-state index in [9.17, 15) is 9.90 Å². The first kappa shape index (κ1) is 13.6. The van der Waals surface area contributed by atoms with Crippen LogP contribution in [0.5, 0.6) is 5.75 Å². The van der Waals surface area contributed by atoms with E-state index in [0.29, 0.717) is 10.6 Å². The molecule has 0 saturated carbocycles. The molecule has 0 aliphatic heterocycles. The van der Waals surface area contributed by atoms with E-state index in [1.54, 1.807) is 6.07 Å². The van der Waals surface area contributed by atoms with Crippen LogP contribution < -0.4 is 5.32 Å². The van der Waals surface area contributed by atoms with Gasteiger partial charge in [-0.05, 0) is 35.4 Å². The number of phenols is 1. The predicted molar refractivity (Wildman–Crippen MR) is 79.2 cm³/mol. The summed E-state index contributed by atoms with van der Waals surface area (Å²) in [6.07, 6.45) is 0. The minimum absolute atomic E-state index is 0.167. The molecule has 100 valence electrons. The zero-order chi connectivity index (χ0) is 14.0. The lowest BCUT2D eigenvalue weighted by atomic mass is 9.99. The zero-order valence-corrected chi connectivity index (χ0v) is 12.0. The Kier molecular flexibility index (Phi) is 3.90. The summed E-state index contributed by atoms with van der Waals surface area (Å²) < 4.78 is 0. The second-order valence-corrected chi connectivity index (χ2v) is 5.73. The summed E-state index contributed by atoms with van der Waals surface area (Å²) in [5, 5.41) is 14.9. The largest absolute Gasteiger partial charge is 0.505 e. The topological polar surface area (TPSA) is 49.3 Å². The van der Waals surface area contributed by atoms with Gasteiger partial charge in [-0.2, -0.15) is 0 Å². The first-order valence-electron chi connectivity index (χ1n) is 6.18. The quantitative estimate of drug-likeness (QED) is 0.827. The number of benzene rings is 1. The van der Waals surface area contributed by atoms with Crippen molar-refractivity contribution >= 4 is 22.9 Å². The number of carbonyl (C=O) groups is 1. The summed E-state index contributed by atoms with van der Waals surface area (Å²) in [5.41, 5.74) is 2.20. The van der Waals surface area contributed by atoms with Crippen LogP contribution in [0.25, 0.3) is 0 Å². The minimum atomic E-state index is -0.186. The summed E-state index contributed by atoms with van der Waals surface area (Å²) in [5.74, 6) is 0.187. The third kappa shape index (κ3) is 2.79. The molecule has 0 spiro atoms. The van der Waals surface area contributed by atoms with Crippen LogP contribution in [0.15, 0.2) is 29.6 Å². The molecule has 2 N–H and O–H groups in total. The van der Waals surface area contributed by atoms with Crippen molar-refractivity contribution in [3.63, 3.8) is 0 Å². The highest BCUT2D eigenvalue weighted by Gasteiger charge is 2.16. The van der Waals surface area contributed by atoms with Gasteiger partial charge >= 0.3 is 0 Å². The van der Waals surface area contributed by atoms with Gasteiger partial charge in [0.1, 0.15) is 5.75 Å². The van der Waals surface area contributed by atoms with Crippen LogP contribution >= 0.6 is 11.3 Å².